The van der Waals surface area contributed by atoms with Gasteiger partial charge in [-0.05, 0) is 23.8 Å². The van der Waals surface area contributed by atoms with Crippen LogP contribution in [0.25, 0.3) is 0 Å². The molecular formula is C21H23N3O4. The van der Waals surface area contributed by atoms with E-state index in [2.05, 4.69) is 15.6 Å². The van der Waals surface area contributed by atoms with Crippen LogP contribution in [-0.4, -0.2) is 46.8 Å². The Kier molecular flexibility index (Phi) is 6.89. The maximum absolute atomic E-state index is 12.2. The Morgan fingerprint density at radius 2 is 1.89 bits per heavy atom. The van der Waals surface area contributed by atoms with Crippen LogP contribution in [0.3, 0.4) is 0 Å². The van der Waals surface area contributed by atoms with Crippen LogP contribution in [0.15, 0.2) is 67.0 Å². The molecule has 1 aliphatic rings. The van der Waals surface area contributed by atoms with E-state index in [1.165, 1.54) is 0 Å². The van der Waals surface area contributed by atoms with Gasteiger partial charge in [-0.15, -0.1) is 0 Å². The maximum Gasteiger partial charge on any atom is 0.227 e. The van der Waals surface area contributed by atoms with Crippen molar-refractivity contribution in [1.29, 1.82) is 0 Å². The van der Waals surface area contributed by atoms with Gasteiger partial charge in [0.05, 0.1) is 31.6 Å². The predicted octanol–water partition coefficient (Wildman–Crippen LogP) is 1.45. The molecule has 7 nitrogen and oxygen atoms in total. The number of anilines is 1. The number of amides is 2. The van der Waals surface area contributed by atoms with Gasteiger partial charge < -0.3 is 20.5 Å². The van der Waals surface area contributed by atoms with E-state index in [-0.39, 0.29) is 31.3 Å². The second-order valence-electron chi connectivity index (χ2n) is 6.53. The number of aliphatic hydroxyl groups is 1. The van der Waals surface area contributed by atoms with Gasteiger partial charge in [-0.25, -0.2) is 0 Å². The van der Waals surface area contributed by atoms with Crippen molar-refractivity contribution in [3.63, 3.8) is 0 Å². The average Bonchev–Trinajstić information content (AvgIpc) is 2.70. The first-order valence-corrected chi connectivity index (χ1v) is 9.12. The van der Waals surface area contributed by atoms with Crippen molar-refractivity contribution < 1.29 is 19.4 Å². The molecular weight excluding hydrogens is 358 g/mol. The van der Waals surface area contributed by atoms with Gasteiger partial charge in [-0.3, -0.25) is 14.6 Å². The summed E-state index contributed by atoms with van der Waals surface area (Å²) in [5.41, 5.74) is 1.52. The Hall–Kier alpha value is -3.03. The highest BCUT2D eigenvalue weighted by Gasteiger charge is 2.29. The van der Waals surface area contributed by atoms with Crippen LogP contribution in [0.4, 0.5) is 5.69 Å². The third-order valence-electron chi connectivity index (χ3n) is 4.32. The molecule has 2 aromatic rings. The minimum Gasteiger partial charge on any atom is -0.394 e. The first-order valence-electron chi connectivity index (χ1n) is 9.12. The van der Waals surface area contributed by atoms with E-state index in [0.29, 0.717) is 5.69 Å². The van der Waals surface area contributed by atoms with E-state index in [1.807, 2.05) is 24.3 Å². The second kappa shape index (κ2) is 9.77. The van der Waals surface area contributed by atoms with Crippen molar-refractivity contribution in [3.05, 3.63) is 72.6 Å². The van der Waals surface area contributed by atoms with Crippen LogP contribution >= 0.6 is 0 Å². The van der Waals surface area contributed by atoms with E-state index < -0.39 is 18.2 Å². The summed E-state index contributed by atoms with van der Waals surface area (Å²) >= 11 is 0. The van der Waals surface area contributed by atoms with E-state index >= 15 is 0 Å². The molecule has 0 radical (unpaired) electrons. The number of hydrogen-bond donors (Lipinski definition) is 3. The Morgan fingerprint density at radius 1 is 1.07 bits per heavy atom. The Bertz CT molecular complexity index is 811. The first kappa shape index (κ1) is 19.7. The van der Waals surface area contributed by atoms with Gasteiger partial charge in [0, 0.05) is 18.1 Å². The van der Waals surface area contributed by atoms with Crippen LogP contribution in [0.5, 0.6) is 0 Å². The summed E-state index contributed by atoms with van der Waals surface area (Å²) in [4.78, 5) is 28.4. The highest BCUT2D eigenvalue weighted by molar-refractivity contribution is 5.91. The van der Waals surface area contributed by atoms with E-state index in [9.17, 15) is 14.7 Å². The zero-order chi connectivity index (χ0) is 19.8. The summed E-state index contributed by atoms with van der Waals surface area (Å²) in [6, 6.07) is 12.3. The number of carbonyl (C=O) groups excluding carboxylic acids is 2. The van der Waals surface area contributed by atoms with Crippen molar-refractivity contribution in [2.75, 3.05) is 11.9 Å². The molecule has 0 spiro atoms. The fourth-order valence-corrected chi connectivity index (χ4v) is 2.98. The molecule has 7 heteroatoms. The molecule has 2 heterocycles. The van der Waals surface area contributed by atoms with Gasteiger partial charge in [0.25, 0.3) is 0 Å². The lowest BCUT2D eigenvalue weighted by atomic mass is 10.0. The van der Waals surface area contributed by atoms with Crippen molar-refractivity contribution in [2.45, 2.75) is 31.1 Å². The Morgan fingerprint density at radius 3 is 2.61 bits per heavy atom. The standard InChI is InChI=1S/C21H23N3O4/c25-14-19-18(24-20(26)11-15-5-4-10-22-13-15)9-8-17(28-19)12-21(27)23-16-6-2-1-3-7-16/h1-10,13,17-19,25H,11-12,14H2,(H,23,27)(H,24,26)/t17-,18-,19-/m0/s1. The number of aromatic nitrogens is 1. The lowest BCUT2D eigenvalue weighted by Gasteiger charge is -2.31. The quantitative estimate of drug-likeness (QED) is 0.631. The molecule has 0 unspecified atom stereocenters. The predicted molar refractivity (Wildman–Crippen MR) is 104 cm³/mol. The molecule has 0 fully saturated rings. The molecule has 3 atom stereocenters. The van der Waals surface area contributed by atoms with Gasteiger partial charge in [-0.1, -0.05) is 36.4 Å². The summed E-state index contributed by atoms with van der Waals surface area (Å²) in [5, 5.41) is 15.3. The number of aliphatic hydroxyl groups excluding tert-OH is 1. The van der Waals surface area contributed by atoms with Crippen molar-refractivity contribution in [1.82, 2.24) is 10.3 Å². The smallest absolute Gasteiger partial charge is 0.227 e. The van der Waals surface area contributed by atoms with Gasteiger partial charge in [0.1, 0.15) is 6.10 Å². The van der Waals surface area contributed by atoms with E-state index in [1.54, 1.807) is 42.7 Å². The average molecular weight is 381 g/mol. The normalized spacial score (nSPS) is 21.1. The first-order chi connectivity index (χ1) is 13.6. The van der Waals surface area contributed by atoms with Crippen molar-refractivity contribution in [3.8, 4) is 0 Å². The van der Waals surface area contributed by atoms with Crippen molar-refractivity contribution >= 4 is 17.5 Å². The summed E-state index contributed by atoms with van der Waals surface area (Å²) in [6.45, 7) is -0.265. The largest absolute Gasteiger partial charge is 0.394 e. The maximum atomic E-state index is 12.2. The molecule has 0 saturated carbocycles. The number of rotatable bonds is 7. The van der Waals surface area contributed by atoms with Crippen LogP contribution in [0, 0.1) is 0 Å². The van der Waals surface area contributed by atoms with Gasteiger partial charge in [0.15, 0.2) is 0 Å². The number of hydrogen-bond acceptors (Lipinski definition) is 5. The fraction of sp³-hybridized carbons (Fsp3) is 0.286. The highest BCUT2D eigenvalue weighted by atomic mass is 16.5. The van der Waals surface area contributed by atoms with Crippen LogP contribution < -0.4 is 10.6 Å². The summed E-state index contributed by atoms with van der Waals surface area (Å²) < 4.78 is 5.78. The minimum atomic E-state index is -0.614. The summed E-state index contributed by atoms with van der Waals surface area (Å²) in [6.07, 6.45) is 6.03. The van der Waals surface area contributed by atoms with Gasteiger partial charge in [0.2, 0.25) is 11.8 Å². The van der Waals surface area contributed by atoms with Crippen LogP contribution in [0.2, 0.25) is 0 Å². The SMILES string of the molecule is O=C(C[C@@H]1C=C[C@H](NC(=O)Cc2cccnc2)[C@H](CO)O1)Nc1ccccc1. The number of para-hydroxylation sites is 1. The molecule has 28 heavy (non-hydrogen) atoms. The fourth-order valence-electron chi connectivity index (χ4n) is 2.98. The monoisotopic (exact) mass is 381 g/mol. The Labute approximate surface area is 163 Å². The summed E-state index contributed by atoms with van der Waals surface area (Å²) in [5.74, 6) is -0.374. The molecule has 0 aliphatic carbocycles. The van der Waals surface area contributed by atoms with Crippen LogP contribution in [0.1, 0.15) is 12.0 Å². The topological polar surface area (TPSA) is 101 Å². The number of nitrogens with one attached hydrogen (secondary N) is 2. The molecule has 2 amide bonds. The van der Waals surface area contributed by atoms with Crippen LogP contribution in [-0.2, 0) is 20.7 Å². The molecule has 146 valence electrons. The second-order valence-corrected chi connectivity index (χ2v) is 6.53. The van der Waals surface area contributed by atoms with Gasteiger partial charge in [-0.2, -0.15) is 0 Å². The number of pyridine rings is 1. The van der Waals surface area contributed by atoms with E-state index in [0.717, 1.165) is 5.56 Å². The number of carbonyl (C=O) groups is 2. The molecule has 1 aromatic carbocycles. The zero-order valence-electron chi connectivity index (χ0n) is 15.3. The summed E-state index contributed by atoms with van der Waals surface area (Å²) in [7, 11) is 0. The highest BCUT2D eigenvalue weighted by Crippen LogP contribution is 2.17. The molecule has 3 N–H and O–H groups in total. The molecule has 0 bridgehead atoms. The Balaban J connectivity index is 1.53. The molecule has 1 aromatic heterocycles. The van der Waals surface area contributed by atoms with Gasteiger partial charge >= 0.3 is 0 Å². The molecule has 3 rings (SSSR count). The molecule has 0 saturated heterocycles. The van der Waals surface area contributed by atoms with E-state index in [4.69, 9.17) is 4.74 Å². The minimum absolute atomic E-state index is 0.123. The number of ether oxygens (including phenoxy) is 1. The lowest BCUT2D eigenvalue weighted by Crippen LogP contribution is -2.49. The number of benzene rings is 1. The third kappa shape index (κ3) is 5.73. The zero-order valence-corrected chi connectivity index (χ0v) is 15.3. The lowest BCUT2D eigenvalue weighted by molar-refractivity contribution is -0.125. The molecule has 1 aliphatic heterocycles. The third-order valence-corrected chi connectivity index (χ3v) is 4.32. The number of nitrogens with zero attached hydrogens (tertiary/aromatic N) is 1. The van der Waals surface area contributed by atoms with Crippen molar-refractivity contribution in [2.24, 2.45) is 0 Å².